The van der Waals surface area contributed by atoms with Gasteiger partial charge in [0.05, 0.1) is 5.41 Å². The molecule has 24 heavy (non-hydrogen) atoms. The fourth-order valence-corrected chi connectivity index (χ4v) is 3.18. The van der Waals surface area contributed by atoms with Crippen molar-refractivity contribution in [1.29, 1.82) is 0 Å². The molecular weight excluding hydrogens is 288 g/mol. The van der Waals surface area contributed by atoms with Gasteiger partial charge < -0.3 is 0 Å². The molecule has 2 rings (SSSR count). The maximum absolute atomic E-state index is 4.11. The molecule has 122 valence electrons. The highest BCUT2D eigenvalue weighted by molar-refractivity contribution is 5.56. The topological polar surface area (TPSA) is 0 Å². The van der Waals surface area contributed by atoms with Gasteiger partial charge in [-0.3, -0.25) is 0 Å². The Bertz CT molecular complexity index is 676. The Labute approximate surface area is 146 Å². The summed E-state index contributed by atoms with van der Waals surface area (Å²) >= 11 is 0. The van der Waals surface area contributed by atoms with E-state index in [0.717, 1.165) is 6.42 Å². The van der Waals surface area contributed by atoms with Crippen molar-refractivity contribution in [2.45, 2.75) is 25.7 Å². The quantitative estimate of drug-likeness (QED) is 0.397. The van der Waals surface area contributed by atoms with Crippen molar-refractivity contribution in [1.82, 2.24) is 0 Å². The van der Waals surface area contributed by atoms with Gasteiger partial charge in [0.25, 0.3) is 0 Å². The van der Waals surface area contributed by atoms with Crippen molar-refractivity contribution in [3.05, 3.63) is 120 Å². The van der Waals surface area contributed by atoms with Gasteiger partial charge in [0.15, 0.2) is 0 Å². The summed E-state index contributed by atoms with van der Waals surface area (Å²) in [7, 11) is 0. The van der Waals surface area contributed by atoms with Gasteiger partial charge in [0, 0.05) is 0 Å². The molecule has 0 heterocycles. The Balaban J connectivity index is 2.76. The molecule has 0 aromatic heterocycles. The first-order valence-electron chi connectivity index (χ1n) is 8.48. The fraction of sp³-hybridized carbons (Fsp3) is 0.167. The molecule has 0 fully saturated rings. The zero-order valence-electron chi connectivity index (χ0n) is 14.7. The Morgan fingerprint density at radius 3 is 1.83 bits per heavy atom. The van der Waals surface area contributed by atoms with Crippen LogP contribution in [0.4, 0.5) is 0 Å². The van der Waals surface area contributed by atoms with Crippen molar-refractivity contribution < 1.29 is 0 Å². The second kappa shape index (κ2) is 8.88. The minimum Gasteiger partial charge on any atom is -0.0987 e. The first-order chi connectivity index (χ1) is 11.8. The van der Waals surface area contributed by atoms with Crippen LogP contribution >= 0.6 is 0 Å². The van der Waals surface area contributed by atoms with Crippen molar-refractivity contribution in [2.75, 3.05) is 0 Å². The van der Waals surface area contributed by atoms with E-state index in [1.54, 1.807) is 0 Å². The van der Waals surface area contributed by atoms with Crippen LogP contribution in [0.1, 0.15) is 31.4 Å². The van der Waals surface area contributed by atoms with Crippen molar-refractivity contribution in [3.8, 4) is 0 Å². The molecule has 2 aromatic carbocycles. The molecule has 0 N–H and O–H groups in total. The summed E-state index contributed by atoms with van der Waals surface area (Å²) < 4.78 is 0. The van der Waals surface area contributed by atoms with E-state index in [1.165, 1.54) is 16.7 Å². The number of allylic oxidation sites excluding steroid dienone is 7. The van der Waals surface area contributed by atoms with Gasteiger partial charge in [-0.2, -0.15) is 0 Å². The molecule has 0 atom stereocenters. The molecule has 0 spiro atoms. The molecular formula is C24H26. The maximum Gasteiger partial charge on any atom is 0.0628 e. The van der Waals surface area contributed by atoms with Gasteiger partial charge in [-0.1, -0.05) is 104 Å². The standard InChI is InChI=1S/C24H26/c1-4-7-10-15-21(6-3)24(20-5-2,22-16-11-8-12-17-22)23-18-13-9-14-19-23/h4-9,11-20H,3,10H2,1-2H3/b7-4-,20-5+,21-15?. The monoisotopic (exact) mass is 314 g/mol. The highest BCUT2D eigenvalue weighted by atomic mass is 14.4. The van der Waals surface area contributed by atoms with E-state index < -0.39 is 0 Å². The number of benzene rings is 2. The van der Waals surface area contributed by atoms with Gasteiger partial charge in [-0.05, 0) is 37.0 Å². The molecule has 0 amide bonds. The lowest BCUT2D eigenvalue weighted by Gasteiger charge is -2.34. The summed E-state index contributed by atoms with van der Waals surface area (Å²) in [4.78, 5) is 0. The van der Waals surface area contributed by atoms with Crippen LogP contribution in [0.15, 0.2) is 109 Å². The molecule has 0 aliphatic heterocycles. The van der Waals surface area contributed by atoms with Crippen LogP contribution < -0.4 is 0 Å². The van der Waals surface area contributed by atoms with Gasteiger partial charge >= 0.3 is 0 Å². The van der Waals surface area contributed by atoms with Crippen molar-refractivity contribution in [2.24, 2.45) is 0 Å². The van der Waals surface area contributed by atoms with E-state index in [2.05, 4.69) is 111 Å². The smallest absolute Gasteiger partial charge is 0.0628 e. The molecule has 0 unspecified atom stereocenters. The van der Waals surface area contributed by atoms with Crippen LogP contribution in [0, 0.1) is 0 Å². The second-order valence-electron chi connectivity index (χ2n) is 5.71. The second-order valence-corrected chi connectivity index (χ2v) is 5.71. The van der Waals surface area contributed by atoms with Crippen LogP contribution in [0.5, 0.6) is 0 Å². The van der Waals surface area contributed by atoms with Gasteiger partial charge in [0.1, 0.15) is 0 Å². The largest absolute Gasteiger partial charge is 0.0987 e. The predicted octanol–water partition coefficient (Wildman–Crippen LogP) is 6.63. The predicted molar refractivity (Wildman–Crippen MR) is 106 cm³/mol. The zero-order valence-corrected chi connectivity index (χ0v) is 14.7. The van der Waals surface area contributed by atoms with Gasteiger partial charge in [0.2, 0.25) is 0 Å². The first-order valence-corrected chi connectivity index (χ1v) is 8.48. The highest BCUT2D eigenvalue weighted by Crippen LogP contribution is 2.41. The summed E-state index contributed by atoms with van der Waals surface area (Å²) in [6.07, 6.45) is 13.8. The highest BCUT2D eigenvalue weighted by Gasteiger charge is 2.33. The zero-order chi connectivity index (χ0) is 17.3. The van der Waals surface area contributed by atoms with E-state index in [0.29, 0.717) is 0 Å². The number of hydrogen-bond acceptors (Lipinski definition) is 0. The van der Waals surface area contributed by atoms with E-state index in [4.69, 9.17) is 0 Å². The normalized spacial score (nSPS) is 12.8. The molecule has 0 aliphatic rings. The Morgan fingerprint density at radius 1 is 0.875 bits per heavy atom. The summed E-state index contributed by atoms with van der Waals surface area (Å²) in [6.45, 7) is 8.24. The maximum atomic E-state index is 4.11. The molecule has 0 saturated heterocycles. The van der Waals surface area contributed by atoms with Gasteiger partial charge in [-0.25, -0.2) is 0 Å². The molecule has 0 saturated carbocycles. The van der Waals surface area contributed by atoms with E-state index in [-0.39, 0.29) is 5.41 Å². The summed E-state index contributed by atoms with van der Waals surface area (Å²) in [6, 6.07) is 21.3. The van der Waals surface area contributed by atoms with E-state index >= 15 is 0 Å². The molecule has 0 radical (unpaired) electrons. The first kappa shape index (κ1) is 17.7. The van der Waals surface area contributed by atoms with Crippen LogP contribution in [0.3, 0.4) is 0 Å². The Morgan fingerprint density at radius 2 is 1.42 bits per heavy atom. The molecule has 2 aromatic rings. The molecule has 0 bridgehead atoms. The average Bonchev–Trinajstić information content (AvgIpc) is 2.65. The minimum absolute atomic E-state index is 0.319. The fourth-order valence-electron chi connectivity index (χ4n) is 3.18. The van der Waals surface area contributed by atoms with E-state index in [9.17, 15) is 0 Å². The SMILES string of the molecule is C=CC(=CC/C=C\C)C(/C=C/C)(c1ccccc1)c1ccccc1. The van der Waals surface area contributed by atoms with Crippen molar-refractivity contribution >= 4 is 0 Å². The van der Waals surface area contributed by atoms with Crippen LogP contribution in [0.2, 0.25) is 0 Å². The summed E-state index contributed by atoms with van der Waals surface area (Å²) in [5.41, 5.74) is 3.39. The van der Waals surface area contributed by atoms with Crippen LogP contribution in [-0.4, -0.2) is 0 Å². The molecule has 0 nitrogen and oxygen atoms in total. The Kier molecular flexibility index (Phi) is 6.57. The Hall–Kier alpha value is -2.60. The third-order valence-electron chi connectivity index (χ3n) is 4.26. The number of hydrogen-bond donors (Lipinski definition) is 0. The number of rotatable bonds is 7. The van der Waals surface area contributed by atoms with Crippen LogP contribution in [0.25, 0.3) is 0 Å². The lowest BCUT2D eigenvalue weighted by Crippen LogP contribution is -2.27. The third kappa shape index (κ3) is 3.65. The third-order valence-corrected chi connectivity index (χ3v) is 4.26. The molecule has 0 heteroatoms. The van der Waals surface area contributed by atoms with Crippen LogP contribution in [-0.2, 0) is 5.41 Å². The minimum atomic E-state index is -0.319. The summed E-state index contributed by atoms with van der Waals surface area (Å²) in [5, 5.41) is 0. The lowest BCUT2D eigenvalue weighted by atomic mass is 9.68. The molecule has 0 aliphatic carbocycles. The van der Waals surface area contributed by atoms with Gasteiger partial charge in [-0.15, -0.1) is 0 Å². The average molecular weight is 314 g/mol. The van der Waals surface area contributed by atoms with Crippen molar-refractivity contribution in [3.63, 3.8) is 0 Å². The summed E-state index contributed by atoms with van der Waals surface area (Å²) in [5.74, 6) is 0. The lowest BCUT2D eigenvalue weighted by molar-refractivity contribution is 0.772. The van der Waals surface area contributed by atoms with E-state index in [1.807, 2.05) is 6.08 Å².